The van der Waals surface area contributed by atoms with Crippen molar-refractivity contribution in [1.29, 1.82) is 0 Å². The maximum Gasteiger partial charge on any atom is 0.328 e. The zero-order valence-corrected chi connectivity index (χ0v) is 21.4. The molecule has 1 aromatic carbocycles. The predicted molar refractivity (Wildman–Crippen MR) is 138 cm³/mol. The molecule has 0 saturated carbocycles. The van der Waals surface area contributed by atoms with Crippen molar-refractivity contribution in [2.45, 2.75) is 76.7 Å². The molecule has 7 N–H and O–H groups in total. The number of H-pyrrole nitrogens is 1. The van der Waals surface area contributed by atoms with Crippen molar-refractivity contribution in [3.8, 4) is 0 Å². The first-order valence-corrected chi connectivity index (χ1v) is 12.7. The largest absolute Gasteiger partial charge is 0.480 e. The first-order chi connectivity index (χ1) is 17.6. The van der Waals surface area contributed by atoms with Gasteiger partial charge in [0.1, 0.15) is 12.1 Å². The lowest BCUT2D eigenvalue weighted by molar-refractivity contribution is -0.145. The molecule has 0 radical (unpaired) electrons. The van der Waals surface area contributed by atoms with Crippen LogP contribution in [0.15, 0.2) is 30.5 Å². The molecule has 2 heterocycles. The van der Waals surface area contributed by atoms with E-state index in [0.29, 0.717) is 12.8 Å². The number of aromatic nitrogens is 1. The average molecular weight is 516 g/mol. The number of aliphatic hydroxyl groups excluding tert-OH is 1. The van der Waals surface area contributed by atoms with Crippen LogP contribution in [0.3, 0.4) is 0 Å². The van der Waals surface area contributed by atoms with Crippen molar-refractivity contribution >= 4 is 34.6 Å². The molecule has 202 valence electrons. The second-order valence-electron chi connectivity index (χ2n) is 10.0. The zero-order valence-electron chi connectivity index (χ0n) is 21.4. The van der Waals surface area contributed by atoms with Crippen molar-refractivity contribution < 1.29 is 29.4 Å². The maximum atomic E-state index is 13.4. The van der Waals surface area contributed by atoms with E-state index in [1.165, 1.54) is 6.92 Å². The highest BCUT2D eigenvalue weighted by Crippen LogP contribution is 2.19. The molecular formula is C26H37N5O6. The number of benzene rings is 1. The third-order valence-electron chi connectivity index (χ3n) is 6.50. The summed E-state index contributed by atoms with van der Waals surface area (Å²) in [5.74, 6) is -2.87. The van der Waals surface area contributed by atoms with E-state index in [1.54, 1.807) is 6.20 Å². The number of hydrogen-bond acceptors (Lipinski definition) is 6. The summed E-state index contributed by atoms with van der Waals surface area (Å²) in [4.78, 5) is 54.0. The Morgan fingerprint density at radius 2 is 1.73 bits per heavy atom. The molecule has 1 aromatic heterocycles. The Morgan fingerprint density at radius 1 is 1.03 bits per heavy atom. The molecule has 1 aliphatic heterocycles. The van der Waals surface area contributed by atoms with E-state index in [4.69, 9.17) is 0 Å². The standard InChI is InChI=1S/C26H37N5O6/c1-14(2)11-20(29-23(33)19-9-6-10-27-19)24(34)30-21(25(35)31-22(15(3)32)26(36)37)12-16-13-28-18-8-5-4-7-17(16)18/h4-5,7-8,13-15,19-22,27-28,32H,6,9-12H2,1-3H3,(H,29,33)(H,30,34)(H,31,35)(H,36,37). The molecule has 0 bridgehead atoms. The van der Waals surface area contributed by atoms with Crippen molar-refractivity contribution in [2.75, 3.05) is 6.54 Å². The van der Waals surface area contributed by atoms with E-state index in [2.05, 4.69) is 26.3 Å². The maximum absolute atomic E-state index is 13.4. The minimum Gasteiger partial charge on any atom is -0.480 e. The van der Waals surface area contributed by atoms with Gasteiger partial charge in [0.25, 0.3) is 0 Å². The molecule has 5 atom stereocenters. The Balaban J connectivity index is 1.83. The number of aliphatic hydroxyl groups is 1. The van der Waals surface area contributed by atoms with Gasteiger partial charge in [-0.1, -0.05) is 32.0 Å². The van der Waals surface area contributed by atoms with E-state index in [1.807, 2.05) is 38.1 Å². The van der Waals surface area contributed by atoms with Crippen LogP contribution in [0.4, 0.5) is 0 Å². The molecule has 3 amide bonds. The van der Waals surface area contributed by atoms with E-state index in [9.17, 15) is 29.4 Å². The van der Waals surface area contributed by atoms with Gasteiger partial charge < -0.3 is 36.5 Å². The van der Waals surface area contributed by atoms with Crippen LogP contribution >= 0.6 is 0 Å². The fourth-order valence-electron chi connectivity index (χ4n) is 4.53. The second-order valence-corrected chi connectivity index (χ2v) is 10.0. The Bertz CT molecular complexity index is 1110. The first kappa shape index (κ1) is 28.1. The summed E-state index contributed by atoms with van der Waals surface area (Å²) >= 11 is 0. The number of aromatic amines is 1. The number of fused-ring (bicyclic) bond motifs is 1. The van der Waals surface area contributed by atoms with Gasteiger partial charge in [-0.05, 0) is 50.3 Å². The molecule has 2 aromatic rings. The average Bonchev–Trinajstić information content (AvgIpc) is 3.51. The Labute approximate surface area is 215 Å². The summed E-state index contributed by atoms with van der Waals surface area (Å²) < 4.78 is 0. The van der Waals surface area contributed by atoms with Gasteiger partial charge in [0.2, 0.25) is 17.7 Å². The fourth-order valence-corrected chi connectivity index (χ4v) is 4.53. The number of carboxylic acid groups (broad SMARTS) is 1. The van der Waals surface area contributed by atoms with Gasteiger partial charge in [-0.3, -0.25) is 14.4 Å². The number of rotatable bonds is 12. The molecule has 37 heavy (non-hydrogen) atoms. The van der Waals surface area contributed by atoms with Crippen LogP contribution in [0.2, 0.25) is 0 Å². The summed E-state index contributed by atoms with van der Waals surface area (Å²) in [5, 5.41) is 31.1. The van der Waals surface area contributed by atoms with E-state index < -0.39 is 42.0 Å². The molecule has 3 rings (SSSR count). The zero-order chi connectivity index (χ0) is 27.1. The fraction of sp³-hybridized carbons (Fsp3) is 0.538. The Hall–Kier alpha value is -3.44. The molecule has 5 unspecified atom stereocenters. The second kappa shape index (κ2) is 12.7. The van der Waals surface area contributed by atoms with Crippen molar-refractivity contribution in [3.05, 3.63) is 36.0 Å². The summed E-state index contributed by atoms with van der Waals surface area (Å²) in [6.07, 6.45) is 2.37. The van der Waals surface area contributed by atoms with E-state index in [0.717, 1.165) is 29.4 Å². The van der Waals surface area contributed by atoms with Crippen LogP contribution in [0.5, 0.6) is 0 Å². The number of amides is 3. The summed E-state index contributed by atoms with van der Waals surface area (Å²) in [6.45, 7) is 5.85. The van der Waals surface area contributed by atoms with Crippen molar-refractivity contribution in [1.82, 2.24) is 26.3 Å². The van der Waals surface area contributed by atoms with Gasteiger partial charge in [-0.25, -0.2) is 4.79 Å². The van der Waals surface area contributed by atoms with Crippen molar-refractivity contribution in [3.63, 3.8) is 0 Å². The summed E-state index contributed by atoms with van der Waals surface area (Å²) in [6, 6.07) is 3.54. The Morgan fingerprint density at radius 3 is 2.35 bits per heavy atom. The topological polar surface area (TPSA) is 173 Å². The first-order valence-electron chi connectivity index (χ1n) is 12.7. The number of carboxylic acids is 1. The van der Waals surface area contributed by atoms with Gasteiger partial charge in [0, 0.05) is 23.5 Å². The van der Waals surface area contributed by atoms with Gasteiger partial charge in [0.05, 0.1) is 12.1 Å². The highest BCUT2D eigenvalue weighted by Gasteiger charge is 2.33. The molecule has 1 saturated heterocycles. The number of carbonyl (C=O) groups is 4. The molecule has 11 heteroatoms. The van der Waals surface area contributed by atoms with Crippen LogP contribution in [0, 0.1) is 5.92 Å². The lowest BCUT2D eigenvalue weighted by Crippen LogP contribution is -2.58. The van der Waals surface area contributed by atoms with Crippen LogP contribution in [0.1, 0.15) is 45.6 Å². The predicted octanol–water partition coefficient (Wildman–Crippen LogP) is 0.428. The number of aliphatic carboxylic acids is 1. The monoisotopic (exact) mass is 515 g/mol. The van der Waals surface area contributed by atoms with Crippen LogP contribution in [-0.4, -0.2) is 75.7 Å². The minimum absolute atomic E-state index is 0.0697. The normalized spacial score (nSPS) is 18.7. The van der Waals surface area contributed by atoms with Gasteiger partial charge in [-0.15, -0.1) is 0 Å². The Kier molecular flexibility index (Phi) is 9.65. The molecule has 0 spiro atoms. The molecular weight excluding hydrogens is 478 g/mol. The smallest absolute Gasteiger partial charge is 0.328 e. The van der Waals surface area contributed by atoms with Crippen LogP contribution < -0.4 is 21.3 Å². The third kappa shape index (κ3) is 7.53. The lowest BCUT2D eigenvalue weighted by atomic mass is 10.00. The molecule has 0 aliphatic carbocycles. The van der Waals surface area contributed by atoms with Gasteiger partial charge in [-0.2, -0.15) is 0 Å². The SMILES string of the molecule is CC(C)CC(NC(=O)C1CCCN1)C(=O)NC(Cc1c[nH]c2ccccc12)C(=O)NC(C(=O)O)C(C)O. The van der Waals surface area contributed by atoms with Crippen LogP contribution in [-0.2, 0) is 25.6 Å². The molecule has 11 nitrogen and oxygen atoms in total. The van der Waals surface area contributed by atoms with Gasteiger partial charge >= 0.3 is 5.97 Å². The summed E-state index contributed by atoms with van der Waals surface area (Å²) in [7, 11) is 0. The highest BCUT2D eigenvalue weighted by atomic mass is 16.4. The number of para-hydroxylation sites is 1. The van der Waals surface area contributed by atoms with E-state index >= 15 is 0 Å². The minimum atomic E-state index is -1.55. The quantitative estimate of drug-likeness (QED) is 0.215. The molecule has 1 fully saturated rings. The number of nitrogens with one attached hydrogen (secondary N) is 5. The molecule has 1 aliphatic rings. The van der Waals surface area contributed by atoms with Crippen molar-refractivity contribution in [2.24, 2.45) is 5.92 Å². The summed E-state index contributed by atoms with van der Waals surface area (Å²) in [5.41, 5.74) is 1.60. The number of hydrogen-bond donors (Lipinski definition) is 7. The van der Waals surface area contributed by atoms with Gasteiger partial charge in [0.15, 0.2) is 6.04 Å². The number of carbonyl (C=O) groups excluding carboxylic acids is 3. The lowest BCUT2D eigenvalue weighted by Gasteiger charge is -2.26. The highest BCUT2D eigenvalue weighted by molar-refractivity contribution is 5.95. The van der Waals surface area contributed by atoms with E-state index in [-0.39, 0.29) is 24.3 Å². The third-order valence-corrected chi connectivity index (χ3v) is 6.50. The van der Waals surface area contributed by atoms with Crippen LogP contribution in [0.25, 0.3) is 10.9 Å².